The van der Waals surface area contributed by atoms with Gasteiger partial charge in [-0.3, -0.25) is 4.79 Å². The molecule has 0 saturated carbocycles. The van der Waals surface area contributed by atoms with Crippen molar-refractivity contribution in [1.29, 1.82) is 5.26 Å². The van der Waals surface area contributed by atoms with E-state index in [0.717, 1.165) is 6.92 Å². The number of hydrogen-bond acceptors (Lipinski definition) is 2. The molecule has 1 aromatic rings. The van der Waals surface area contributed by atoms with Crippen molar-refractivity contribution in [3.63, 3.8) is 0 Å². The number of ketones is 1. The largest absolute Gasteiger partial charge is 0.295 e. The Hall–Kier alpha value is -1.62. The number of hydrogen-bond donors (Lipinski definition) is 0. The van der Waals surface area contributed by atoms with Crippen LogP contribution >= 0.6 is 0 Å². The van der Waals surface area contributed by atoms with E-state index in [1.165, 1.54) is 0 Å². The number of carbonyl (C=O) groups is 1. The summed E-state index contributed by atoms with van der Waals surface area (Å²) in [6.45, 7) is 1.16. The standard InChI is InChI=1S/C9H7NO/c1-7(11)9-4-2-8(6-10)3-5-9/h2-5H,1H3/i2D,3D,4D,5D. The first kappa shape index (κ1) is 3.68. The Kier molecular flexibility index (Phi) is 0.996. The summed E-state index contributed by atoms with van der Waals surface area (Å²) in [6, 6.07) is -0.269. The highest BCUT2D eigenvalue weighted by Gasteiger charge is 1.96. The van der Waals surface area contributed by atoms with E-state index < -0.39 is 30.0 Å². The summed E-state index contributed by atoms with van der Waals surface area (Å²) in [5.74, 6) is -0.545. The van der Waals surface area contributed by atoms with Crippen LogP contribution in [0.3, 0.4) is 0 Å². The normalized spacial score (nSPS) is 13.8. The third kappa shape index (κ3) is 1.65. The second-order valence-electron chi connectivity index (χ2n) is 1.92. The van der Waals surface area contributed by atoms with Crippen molar-refractivity contribution in [2.45, 2.75) is 6.92 Å². The van der Waals surface area contributed by atoms with Gasteiger partial charge in [-0.15, -0.1) is 0 Å². The van der Waals surface area contributed by atoms with Crippen LogP contribution in [0.25, 0.3) is 0 Å². The summed E-state index contributed by atoms with van der Waals surface area (Å²) in [5.41, 5.74) is -0.612. The minimum atomic E-state index is -0.545. The van der Waals surface area contributed by atoms with Crippen LogP contribution in [-0.2, 0) is 0 Å². The van der Waals surface area contributed by atoms with Crippen molar-refractivity contribution in [3.8, 4) is 6.07 Å². The molecule has 0 heterocycles. The van der Waals surface area contributed by atoms with Crippen molar-refractivity contribution in [3.05, 3.63) is 35.3 Å². The molecule has 0 aliphatic heterocycles. The lowest BCUT2D eigenvalue weighted by Crippen LogP contribution is -1.90. The molecule has 0 saturated heterocycles. The number of Topliss-reactive ketones (excluding diaryl/α,β-unsaturated/α-hetero) is 1. The zero-order chi connectivity index (χ0) is 11.7. The van der Waals surface area contributed by atoms with Gasteiger partial charge in [0.05, 0.1) is 17.1 Å². The first-order valence-electron chi connectivity index (χ1n) is 4.93. The molecule has 0 amide bonds. The van der Waals surface area contributed by atoms with Gasteiger partial charge >= 0.3 is 0 Å². The summed E-state index contributed by atoms with van der Waals surface area (Å²) in [4.78, 5) is 11.1. The van der Waals surface area contributed by atoms with Gasteiger partial charge in [0.1, 0.15) is 0 Å². The first-order valence-corrected chi connectivity index (χ1v) is 2.93. The number of carbonyl (C=O) groups excluding carboxylic acids is 1. The minimum Gasteiger partial charge on any atom is -0.295 e. The van der Waals surface area contributed by atoms with Crippen LogP contribution in [0, 0.1) is 11.3 Å². The molecule has 0 aliphatic rings. The second kappa shape index (κ2) is 2.98. The molecule has 54 valence electrons. The second-order valence-corrected chi connectivity index (χ2v) is 1.92. The number of rotatable bonds is 1. The number of benzene rings is 1. The van der Waals surface area contributed by atoms with Gasteiger partial charge in [-0.1, -0.05) is 12.1 Å². The van der Waals surface area contributed by atoms with E-state index in [1.807, 2.05) is 0 Å². The summed E-state index contributed by atoms with van der Waals surface area (Å²) >= 11 is 0. The topological polar surface area (TPSA) is 40.9 Å². The Labute approximate surface area is 70.7 Å². The molecule has 2 nitrogen and oxygen atoms in total. The molecule has 1 rings (SSSR count). The third-order valence-electron chi connectivity index (χ3n) is 1.09. The average Bonchev–Trinajstić information content (AvgIpc) is 2.16. The molecular formula is C9H7NO. The van der Waals surface area contributed by atoms with Gasteiger partial charge in [-0.05, 0) is 19.0 Å². The van der Waals surface area contributed by atoms with Gasteiger partial charge in [0.25, 0.3) is 0 Å². The Balaban J connectivity index is 3.76. The molecule has 0 aliphatic carbocycles. The Morgan fingerprint density at radius 2 is 2.09 bits per heavy atom. The monoisotopic (exact) mass is 149 g/mol. The molecule has 0 bridgehead atoms. The van der Waals surface area contributed by atoms with Gasteiger partial charge in [0.2, 0.25) is 0 Å². The van der Waals surface area contributed by atoms with E-state index in [1.54, 1.807) is 6.07 Å². The van der Waals surface area contributed by atoms with Gasteiger partial charge in [0.15, 0.2) is 5.78 Å². The average molecular weight is 149 g/mol. The smallest absolute Gasteiger partial charge is 0.159 e. The van der Waals surface area contributed by atoms with Crippen molar-refractivity contribution >= 4 is 5.78 Å². The van der Waals surface area contributed by atoms with Crippen molar-refractivity contribution in [1.82, 2.24) is 0 Å². The molecule has 0 spiro atoms. The maximum Gasteiger partial charge on any atom is 0.159 e. The molecule has 11 heavy (non-hydrogen) atoms. The van der Waals surface area contributed by atoms with Crippen LogP contribution in [0.4, 0.5) is 0 Å². The third-order valence-corrected chi connectivity index (χ3v) is 1.09. The van der Waals surface area contributed by atoms with Gasteiger partial charge < -0.3 is 0 Å². The maximum atomic E-state index is 11.1. The maximum absolute atomic E-state index is 11.1. The van der Waals surface area contributed by atoms with Gasteiger partial charge in [-0.2, -0.15) is 5.26 Å². The van der Waals surface area contributed by atoms with E-state index in [4.69, 9.17) is 10.7 Å². The lowest BCUT2D eigenvalue weighted by molar-refractivity contribution is 0.101. The van der Waals surface area contributed by atoms with E-state index >= 15 is 0 Å². The Bertz CT molecular complexity index is 461. The molecule has 0 unspecified atom stereocenters. The lowest BCUT2D eigenvalue weighted by atomic mass is 10.1. The van der Waals surface area contributed by atoms with Crippen LogP contribution < -0.4 is 0 Å². The highest BCUT2D eigenvalue weighted by atomic mass is 16.1. The fraction of sp³-hybridized carbons (Fsp3) is 0.111. The number of nitriles is 1. The molecule has 0 atom stereocenters. The fourth-order valence-electron chi connectivity index (χ4n) is 0.544. The molecule has 2 heteroatoms. The van der Waals surface area contributed by atoms with Crippen molar-refractivity contribution < 1.29 is 10.3 Å². The van der Waals surface area contributed by atoms with Crippen LogP contribution in [0.1, 0.15) is 28.3 Å². The van der Waals surface area contributed by atoms with Crippen molar-refractivity contribution in [2.24, 2.45) is 0 Å². The molecule has 0 radical (unpaired) electrons. The molecular weight excluding hydrogens is 138 g/mol. The highest BCUT2D eigenvalue weighted by Crippen LogP contribution is 2.03. The van der Waals surface area contributed by atoms with Gasteiger partial charge in [-0.25, -0.2) is 0 Å². The Morgan fingerprint density at radius 3 is 2.45 bits per heavy atom. The predicted molar refractivity (Wildman–Crippen MR) is 41.2 cm³/mol. The Morgan fingerprint density at radius 1 is 1.55 bits per heavy atom. The summed E-state index contributed by atoms with van der Waals surface area (Å²) in [6.07, 6.45) is 0. The van der Waals surface area contributed by atoms with Crippen LogP contribution in [-0.4, -0.2) is 5.78 Å². The van der Waals surface area contributed by atoms with E-state index in [-0.39, 0.29) is 11.1 Å². The predicted octanol–water partition coefficient (Wildman–Crippen LogP) is 1.76. The lowest BCUT2D eigenvalue weighted by Gasteiger charge is -1.92. The van der Waals surface area contributed by atoms with E-state index in [2.05, 4.69) is 0 Å². The summed E-state index contributed by atoms with van der Waals surface area (Å²) in [7, 11) is 0. The van der Waals surface area contributed by atoms with Crippen LogP contribution in [0.2, 0.25) is 0 Å². The minimum absolute atomic E-state index is 0.274. The summed E-state index contributed by atoms with van der Waals surface area (Å²) < 4.78 is 29.7. The molecule has 0 fully saturated rings. The summed E-state index contributed by atoms with van der Waals surface area (Å²) in [5, 5.41) is 8.64. The van der Waals surface area contributed by atoms with E-state index in [0.29, 0.717) is 0 Å². The molecule has 0 aromatic heterocycles. The first-order chi connectivity index (χ1) is 6.91. The highest BCUT2D eigenvalue weighted by molar-refractivity contribution is 5.94. The number of nitrogens with zero attached hydrogens (tertiary/aromatic N) is 1. The SMILES string of the molecule is [2H]c1c([2H])c(C(C)=O)c([2H])c([2H])c1C#N. The van der Waals surface area contributed by atoms with Crippen LogP contribution in [0.5, 0.6) is 0 Å². The van der Waals surface area contributed by atoms with Crippen LogP contribution in [0.15, 0.2) is 24.2 Å². The zero-order valence-corrected chi connectivity index (χ0v) is 5.86. The van der Waals surface area contributed by atoms with E-state index in [9.17, 15) is 4.79 Å². The quantitative estimate of drug-likeness (QED) is 0.571. The fourth-order valence-corrected chi connectivity index (χ4v) is 0.544. The molecule has 1 aromatic carbocycles. The van der Waals surface area contributed by atoms with Crippen molar-refractivity contribution in [2.75, 3.05) is 0 Å². The molecule has 0 N–H and O–H groups in total. The van der Waals surface area contributed by atoms with Gasteiger partial charge in [0, 0.05) is 5.56 Å². The zero-order valence-electron chi connectivity index (χ0n) is 9.86.